The molecule has 0 saturated heterocycles. The molecule has 1 atom stereocenters. The molecule has 0 aliphatic heterocycles. The van der Waals surface area contributed by atoms with Crippen LogP contribution in [0.3, 0.4) is 0 Å². The van der Waals surface area contributed by atoms with Gasteiger partial charge in [0.25, 0.3) is 0 Å². The third kappa shape index (κ3) is 3.55. The zero-order valence-corrected chi connectivity index (χ0v) is 11.9. The van der Waals surface area contributed by atoms with E-state index in [-0.39, 0.29) is 16.9 Å². The number of aliphatic carboxylic acids is 1. The summed E-state index contributed by atoms with van der Waals surface area (Å²) < 4.78 is 26.2. The zero-order valence-electron chi connectivity index (χ0n) is 11.1. The summed E-state index contributed by atoms with van der Waals surface area (Å²) in [5.41, 5.74) is 5.78. The summed E-state index contributed by atoms with van der Waals surface area (Å²) in [7, 11) is -4.03. The molecule has 0 heterocycles. The highest BCUT2D eigenvalue weighted by atomic mass is 32.2. The maximum absolute atomic E-state index is 12.1. The summed E-state index contributed by atoms with van der Waals surface area (Å²) in [6.07, 6.45) is 0.100. The molecule has 4 N–H and O–H groups in total. The highest BCUT2D eigenvalue weighted by Crippen LogP contribution is 2.16. The van der Waals surface area contributed by atoms with E-state index in [4.69, 9.17) is 10.8 Å². The number of rotatable bonds is 6. The maximum atomic E-state index is 12.1. The first-order valence-corrected chi connectivity index (χ1v) is 7.33. The molecule has 0 saturated carbocycles. The standard InChI is InChI=1S/C12H16N2O5S/c1-3-10(12(16)17)14-20(18,19)8-5-4-7(2)9(6-8)11(13)15/h4-6,10,14H,3H2,1-2H3,(H2,13,15)(H,16,17). The molecule has 1 aromatic carbocycles. The molecule has 1 aromatic rings. The molecule has 0 bridgehead atoms. The van der Waals surface area contributed by atoms with Gasteiger partial charge in [0.1, 0.15) is 6.04 Å². The molecule has 0 aliphatic carbocycles. The molecule has 0 aromatic heterocycles. The van der Waals surface area contributed by atoms with Crippen molar-refractivity contribution in [3.8, 4) is 0 Å². The van der Waals surface area contributed by atoms with Gasteiger partial charge in [-0.05, 0) is 31.0 Å². The molecule has 110 valence electrons. The Hall–Kier alpha value is -1.93. The Kier molecular flexibility index (Phi) is 4.85. The van der Waals surface area contributed by atoms with Gasteiger partial charge in [0.15, 0.2) is 0 Å². The average molecular weight is 300 g/mol. The van der Waals surface area contributed by atoms with Gasteiger partial charge in [-0.2, -0.15) is 4.72 Å². The topological polar surface area (TPSA) is 127 Å². The minimum absolute atomic E-state index is 0.0799. The Morgan fingerprint density at radius 3 is 2.45 bits per heavy atom. The first-order valence-electron chi connectivity index (χ1n) is 5.84. The molecular weight excluding hydrogens is 284 g/mol. The number of sulfonamides is 1. The van der Waals surface area contributed by atoms with E-state index in [2.05, 4.69) is 4.72 Å². The second kappa shape index (κ2) is 6.02. The van der Waals surface area contributed by atoms with Gasteiger partial charge >= 0.3 is 5.97 Å². The first kappa shape index (κ1) is 16.1. The van der Waals surface area contributed by atoms with Gasteiger partial charge in [0.2, 0.25) is 15.9 Å². The van der Waals surface area contributed by atoms with E-state index in [0.29, 0.717) is 5.56 Å². The fourth-order valence-corrected chi connectivity index (χ4v) is 2.90. The molecule has 20 heavy (non-hydrogen) atoms. The summed E-state index contributed by atoms with van der Waals surface area (Å²) in [5.74, 6) is -2.01. The summed E-state index contributed by atoms with van der Waals surface area (Å²) >= 11 is 0. The van der Waals surface area contributed by atoms with Gasteiger partial charge in [-0.3, -0.25) is 9.59 Å². The quantitative estimate of drug-likeness (QED) is 0.693. The van der Waals surface area contributed by atoms with Crippen molar-refractivity contribution >= 4 is 21.9 Å². The Morgan fingerprint density at radius 1 is 1.40 bits per heavy atom. The van der Waals surface area contributed by atoms with Crippen molar-refractivity contribution in [1.82, 2.24) is 4.72 Å². The number of amides is 1. The van der Waals surface area contributed by atoms with Crippen LogP contribution in [0.4, 0.5) is 0 Å². The van der Waals surface area contributed by atoms with Crippen molar-refractivity contribution in [2.24, 2.45) is 5.73 Å². The number of carboxylic acids is 1. The number of primary amides is 1. The Balaban J connectivity index is 3.19. The third-order valence-electron chi connectivity index (χ3n) is 2.79. The first-order chi connectivity index (χ1) is 9.19. The monoisotopic (exact) mass is 300 g/mol. The van der Waals surface area contributed by atoms with Gasteiger partial charge in [-0.25, -0.2) is 8.42 Å². The number of nitrogens with two attached hydrogens (primary N) is 1. The van der Waals surface area contributed by atoms with Crippen LogP contribution in [0.15, 0.2) is 23.1 Å². The fourth-order valence-electron chi connectivity index (χ4n) is 1.60. The maximum Gasteiger partial charge on any atom is 0.321 e. The predicted octanol–water partition coefficient (Wildman–Crippen LogP) is 0.235. The number of nitrogens with one attached hydrogen (secondary N) is 1. The summed E-state index contributed by atoms with van der Waals surface area (Å²) in [6, 6.07) is 2.64. The van der Waals surface area contributed by atoms with Crippen LogP contribution in [-0.4, -0.2) is 31.4 Å². The Labute approximate surface area is 116 Å². The highest BCUT2D eigenvalue weighted by Gasteiger charge is 2.24. The normalized spacial score (nSPS) is 12.9. The number of benzene rings is 1. The highest BCUT2D eigenvalue weighted by molar-refractivity contribution is 7.89. The average Bonchev–Trinajstić information content (AvgIpc) is 2.35. The lowest BCUT2D eigenvalue weighted by molar-refractivity contribution is -0.139. The van der Waals surface area contributed by atoms with Crippen molar-refractivity contribution < 1.29 is 23.1 Å². The second-order valence-electron chi connectivity index (χ2n) is 4.26. The van der Waals surface area contributed by atoms with Crippen molar-refractivity contribution in [2.75, 3.05) is 0 Å². The zero-order chi connectivity index (χ0) is 15.5. The lowest BCUT2D eigenvalue weighted by Crippen LogP contribution is -2.40. The molecule has 0 radical (unpaired) electrons. The van der Waals surface area contributed by atoms with Crippen molar-refractivity contribution in [2.45, 2.75) is 31.2 Å². The van der Waals surface area contributed by atoms with Crippen LogP contribution in [0.5, 0.6) is 0 Å². The molecule has 0 spiro atoms. The van der Waals surface area contributed by atoms with Crippen molar-refractivity contribution in [3.63, 3.8) is 0 Å². The van der Waals surface area contributed by atoms with Crippen LogP contribution in [-0.2, 0) is 14.8 Å². The van der Waals surface area contributed by atoms with E-state index in [1.54, 1.807) is 13.8 Å². The fraction of sp³-hybridized carbons (Fsp3) is 0.333. The lowest BCUT2D eigenvalue weighted by atomic mass is 10.1. The smallest absolute Gasteiger partial charge is 0.321 e. The van der Waals surface area contributed by atoms with Crippen LogP contribution >= 0.6 is 0 Å². The molecule has 8 heteroatoms. The summed E-state index contributed by atoms with van der Waals surface area (Å²) in [5, 5.41) is 8.87. The van der Waals surface area contributed by atoms with Crippen LogP contribution in [0.1, 0.15) is 29.3 Å². The number of aryl methyl sites for hydroxylation is 1. The minimum Gasteiger partial charge on any atom is -0.480 e. The molecule has 7 nitrogen and oxygen atoms in total. The summed E-state index contributed by atoms with van der Waals surface area (Å²) in [6.45, 7) is 3.17. The van der Waals surface area contributed by atoms with Crippen LogP contribution in [0.25, 0.3) is 0 Å². The van der Waals surface area contributed by atoms with Crippen LogP contribution in [0, 0.1) is 6.92 Å². The molecular formula is C12H16N2O5S. The number of hydrogen-bond donors (Lipinski definition) is 3. The second-order valence-corrected chi connectivity index (χ2v) is 5.98. The number of carbonyl (C=O) groups excluding carboxylic acids is 1. The van der Waals surface area contributed by atoms with Crippen molar-refractivity contribution in [3.05, 3.63) is 29.3 Å². The molecule has 0 fully saturated rings. The molecule has 1 rings (SSSR count). The van der Waals surface area contributed by atoms with E-state index in [1.807, 2.05) is 0 Å². The van der Waals surface area contributed by atoms with Gasteiger partial charge in [0.05, 0.1) is 4.90 Å². The van der Waals surface area contributed by atoms with E-state index in [1.165, 1.54) is 12.1 Å². The van der Waals surface area contributed by atoms with Crippen molar-refractivity contribution in [1.29, 1.82) is 0 Å². The third-order valence-corrected chi connectivity index (χ3v) is 4.26. The molecule has 1 amide bonds. The van der Waals surface area contributed by atoms with E-state index < -0.39 is 27.9 Å². The SMILES string of the molecule is CCC(NS(=O)(=O)c1ccc(C)c(C(N)=O)c1)C(=O)O. The van der Waals surface area contributed by atoms with E-state index in [0.717, 1.165) is 6.07 Å². The summed E-state index contributed by atoms with van der Waals surface area (Å²) in [4.78, 5) is 21.9. The van der Waals surface area contributed by atoms with E-state index >= 15 is 0 Å². The van der Waals surface area contributed by atoms with E-state index in [9.17, 15) is 18.0 Å². The number of carbonyl (C=O) groups is 2. The van der Waals surface area contributed by atoms with Gasteiger partial charge in [0, 0.05) is 5.56 Å². The molecule has 0 aliphatic rings. The Morgan fingerprint density at radius 2 is 2.00 bits per heavy atom. The number of hydrogen-bond acceptors (Lipinski definition) is 4. The van der Waals surface area contributed by atoms with Crippen LogP contribution in [0.2, 0.25) is 0 Å². The molecule has 1 unspecified atom stereocenters. The largest absolute Gasteiger partial charge is 0.480 e. The minimum atomic E-state index is -4.03. The Bertz CT molecular complexity index is 639. The van der Waals surface area contributed by atoms with Gasteiger partial charge < -0.3 is 10.8 Å². The van der Waals surface area contributed by atoms with Gasteiger partial charge in [-0.1, -0.05) is 13.0 Å². The predicted molar refractivity (Wildman–Crippen MR) is 71.7 cm³/mol. The van der Waals surface area contributed by atoms with Gasteiger partial charge in [-0.15, -0.1) is 0 Å². The lowest BCUT2D eigenvalue weighted by Gasteiger charge is -2.13. The number of carboxylic acid groups (broad SMARTS) is 1. The van der Waals surface area contributed by atoms with Crippen LogP contribution < -0.4 is 10.5 Å².